The Hall–Kier alpha value is -4.12. The number of nitrogens with zero attached hydrogens (tertiary/aromatic N) is 2. The molecule has 0 radical (unpaired) electrons. The molecular formula is C26H21N3O2. The third-order valence-electron chi connectivity index (χ3n) is 5.62. The van der Waals surface area contributed by atoms with E-state index in [0.29, 0.717) is 6.42 Å². The lowest BCUT2D eigenvalue weighted by Crippen LogP contribution is -2.40. The molecule has 2 N–H and O–H groups in total. The van der Waals surface area contributed by atoms with Crippen molar-refractivity contribution < 1.29 is 9.90 Å². The van der Waals surface area contributed by atoms with Gasteiger partial charge in [0.15, 0.2) is 0 Å². The number of anilines is 2. The summed E-state index contributed by atoms with van der Waals surface area (Å²) in [4.78, 5) is 21.7. The first-order chi connectivity index (χ1) is 15.2. The Morgan fingerprint density at radius 1 is 0.839 bits per heavy atom. The van der Waals surface area contributed by atoms with Gasteiger partial charge in [-0.15, -0.1) is 0 Å². The van der Waals surface area contributed by atoms with E-state index in [-0.39, 0.29) is 0 Å². The molecule has 5 rings (SSSR count). The number of hydrogen-bond acceptors (Lipinski definition) is 3. The second-order valence-corrected chi connectivity index (χ2v) is 7.50. The number of carboxylic acids is 1. The average molecular weight is 407 g/mol. The van der Waals surface area contributed by atoms with Gasteiger partial charge in [0.05, 0.1) is 6.33 Å². The summed E-state index contributed by atoms with van der Waals surface area (Å²) in [6.45, 7) is 0. The smallest absolute Gasteiger partial charge is 0.327 e. The van der Waals surface area contributed by atoms with Crippen molar-refractivity contribution in [3.05, 3.63) is 103 Å². The van der Waals surface area contributed by atoms with Crippen LogP contribution in [0.3, 0.4) is 0 Å². The van der Waals surface area contributed by atoms with Gasteiger partial charge < -0.3 is 15.0 Å². The minimum Gasteiger partial charge on any atom is -0.480 e. The second kappa shape index (κ2) is 7.95. The van der Waals surface area contributed by atoms with Gasteiger partial charge in [-0.3, -0.25) is 0 Å². The zero-order chi connectivity index (χ0) is 21.2. The molecule has 0 fully saturated rings. The zero-order valence-corrected chi connectivity index (χ0v) is 16.8. The summed E-state index contributed by atoms with van der Waals surface area (Å²) in [5.41, 5.74) is 2.50. The van der Waals surface area contributed by atoms with Crippen LogP contribution in [0.25, 0.3) is 21.5 Å². The van der Waals surface area contributed by atoms with Gasteiger partial charge >= 0.3 is 5.97 Å². The van der Waals surface area contributed by atoms with Crippen molar-refractivity contribution in [2.75, 3.05) is 4.90 Å². The first-order valence-electron chi connectivity index (χ1n) is 10.2. The van der Waals surface area contributed by atoms with Crippen LogP contribution in [0, 0.1) is 0 Å². The normalized spacial score (nSPS) is 12.1. The molecule has 0 aliphatic rings. The van der Waals surface area contributed by atoms with E-state index in [4.69, 9.17) is 0 Å². The molecule has 0 amide bonds. The number of imidazole rings is 1. The van der Waals surface area contributed by atoms with Crippen LogP contribution in [0.15, 0.2) is 97.5 Å². The highest BCUT2D eigenvalue weighted by atomic mass is 16.4. The highest BCUT2D eigenvalue weighted by Crippen LogP contribution is 2.38. The number of rotatable bonds is 6. The molecule has 5 aromatic rings. The van der Waals surface area contributed by atoms with E-state index in [0.717, 1.165) is 38.6 Å². The van der Waals surface area contributed by atoms with E-state index in [9.17, 15) is 9.90 Å². The van der Waals surface area contributed by atoms with Gasteiger partial charge in [-0.25, -0.2) is 9.78 Å². The maximum Gasteiger partial charge on any atom is 0.327 e. The molecule has 5 heteroatoms. The molecule has 0 unspecified atom stereocenters. The van der Waals surface area contributed by atoms with Gasteiger partial charge in [-0.05, 0) is 22.9 Å². The number of fused-ring (bicyclic) bond motifs is 2. The van der Waals surface area contributed by atoms with Gasteiger partial charge in [0.25, 0.3) is 0 Å². The van der Waals surface area contributed by atoms with E-state index >= 15 is 0 Å². The SMILES string of the molecule is O=C(O)[C@H](Cc1cnc[nH]1)N(c1cccc2ccccc12)c1cccc2ccccc12. The number of carboxylic acid groups (broad SMARTS) is 1. The summed E-state index contributed by atoms with van der Waals surface area (Å²) in [5.74, 6) is -0.893. The van der Waals surface area contributed by atoms with Crippen molar-refractivity contribution in [1.29, 1.82) is 0 Å². The number of benzene rings is 4. The Labute approximate surface area is 179 Å². The fourth-order valence-corrected chi connectivity index (χ4v) is 4.20. The van der Waals surface area contributed by atoms with Crippen molar-refractivity contribution in [3.63, 3.8) is 0 Å². The third-order valence-corrected chi connectivity index (χ3v) is 5.62. The van der Waals surface area contributed by atoms with Crippen molar-refractivity contribution >= 4 is 38.9 Å². The summed E-state index contributed by atoms with van der Waals surface area (Å²) >= 11 is 0. The molecule has 1 heterocycles. The zero-order valence-electron chi connectivity index (χ0n) is 16.8. The molecule has 152 valence electrons. The number of aromatic nitrogens is 2. The minimum atomic E-state index is -0.893. The topological polar surface area (TPSA) is 69.2 Å². The third kappa shape index (κ3) is 3.51. The molecule has 1 aromatic heterocycles. The average Bonchev–Trinajstić information content (AvgIpc) is 3.32. The number of nitrogens with one attached hydrogen (secondary N) is 1. The maximum absolute atomic E-state index is 12.6. The Bertz CT molecular complexity index is 1270. The lowest BCUT2D eigenvalue weighted by molar-refractivity contribution is -0.138. The Morgan fingerprint density at radius 3 is 1.90 bits per heavy atom. The Morgan fingerprint density at radius 2 is 1.39 bits per heavy atom. The first-order valence-corrected chi connectivity index (χ1v) is 10.2. The van der Waals surface area contributed by atoms with E-state index in [2.05, 4.69) is 9.97 Å². The lowest BCUT2D eigenvalue weighted by Gasteiger charge is -2.33. The van der Waals surface area contributed by atoms with Crippen molar-refractivity contribution in [3.8, 4) is 0 Å². The molecule has 5 nitrogen and oxygen atoms in total. The summed E-state index contributed by atoms with van der Waals surface area (Å²) in [7, 11) is 0. The lowest BCUT2D eigenvalue weighted by atomic mass is 10.0. The molecule has 1 atom stereocenters. The van der Waals surface area contributed by atoms with Crippen molar-refractivity contribution in [2.24, 2.45) is 0 Å². The standard InChI is InChI=1S/C26H21N3O2/c30-26(31)25(15-20-16-27-17-28-20)29(23-13-5-9-18-7-1-3-11-21(18)23)24-14-6-10-19-8-2-4-12-22(19)24/h1-14,16-17,25H,15H2,(H,27,28)(H,30,31)/t25-/m0/s1. The molecule has 0 aliphatic heterocycles. The molecule has 31 heavy (non-hydrogen) atoms. The highest BCUT2D eigenvalue weighted by molar-refractivity contribution is 6.03. The predicted molar refractivity (Wildman–Crippen MR) is 124 cm³/mol. The molecule has 0 aliphatic carbocycles. The van der Waals surface area contributed by atoms with Crippen LogP contribution < -0.4 is 4.90 Å². The maximum atomic E-state index is 12.6. The van der Waals surface area contributed by atoms with Gasteiger partial charge in [0.2, 0.25) is 0 Å². The first kappa shape index (κ1) is 18.9. The number of aliphatic carboxylic acids is 1. The molecule has 0 spiro atoms. The number of hydrogen-bond donors (Lipinski definition) is 2. The predicted octanol–water partition coefficient (Wildman–Crippen LogP) is 5.55. The van der Waals surface area contributed by atoms with Crippen LogP contribution in [-0.2, 0) is 11.2 Å². The Balaban J connectivity index is 1.78. The fraction of sp³-hybridized carbons (Fsp3) is 0.0769. The van der Waals surface area contributed by atoms with E-state index in [1.165, 1.54) is 0 Å². The highest BCUT2D eigenvalue weighted by Gasteiger charge is 2.30. The number of H-pyrrole nitrogens is 1. The summed E-state index contributed by atoms with van der Waals surface area (Å²) in [5, 5.41) is 14.5. The molecule has 0 saturated carbocycles. The van der Waals surface area contributed by atoms with E-state index in [1.807, 2.05) is 89.8 Å². The van der Waals surface area contributed by atoms with Crippen LogP contribution in [-0.4, -0.2) is 27.1 Å². The van der Waals surface area contributed by atoms with Crippen molar-refractivity contribution in [1.82, 2.24) is 9.97 Å². The van der Waals surface area contributed by atoms with Crippen LogP contribution in [0.1, 0.15) is 5.69 Å². The number of carbonyl (C=O) groups is 1. The fourth-order valence-electron chi connectivity index (χ4n) is 4.20. The Kier molecular flexibility index (Phi) is 4.84. The van der Waals surface area contributed by atoms with Gasteiger partial charge in [0.1, 0.15) is 6.04 Å². The van der Waals surface area contributed by atoms with Crippen LogP contribution >= 0.6 is 0 Å². The number of aromatic amines is 1. The van der Waals surface area contributed by atoms with Crippen LogP contribution in [0.2, 0.25) is 0 Å². The van der Waals surface area contributed by atoms with Crippen LogP contribution in [0.4, 0.5) is 11.4 Å². The summed E-state index contributed by atoms with van der Waals surface area (Å²) < 4.78 is 0. The van der Waals surface area contributed by atoms with Crippen molar-refractivity contribution in [2.45, 2.75) is 12.5 Å². The van der Waals surface area contributed by atoms with E-state index in [1.54, 1.807) is 12.5 Å². The molecule has 0 bridgehead atoms. The van der Waals surface area contributed by atoms with Crippen LogP contribution in [0.5, 0.6) is 0 Å². The summed E-state index contributed by atoms with van der Waals surface area (Å²) in [6, 6.07) is 27.3. The van der Waals surface area contributed by atoms with Gasteiger partial charge in [-0.1, -0.05) is 72.8 Å². The van der Waals surface area contributed by atoms with Gasteiger partial charge in [-0.2, -0.15) is 0 Å². The largest absolute Gasteiger partial charge is 0.480 e. The molecular weight excluding hydrogens is 386 g/mol. The monoisotopic (exact) mass is 407 g/mol. The minimum absolute atomic E-state index is 0.293. The molecule has 4 aromatic carbocycles. The van der Waals surface area contributed by atoms with Gasteiger partial charge in [0, 0.05) is 40.5 Å². The summed E-state index contributed by atoms with van der Waals surface area (Å²) in [6.07, 6.45) is 3.55. The van der Waals surface area contributed by atoms with E-state index < -0.39 is 12.0 Å². The second-order valence-electron chi connectivity index (χ2n) is 7.50. The molecule has 0 saturated heterocycles. The quantitative estimate of drug-likeness (QED) is 0.387.